The monoisotopic (exact) mass is 419 g/mol. The van der Waals surface area contributed by atoms with Crippen molar-refractivity contribution in [3.05, 3.63) is 68.1 Å². The first-order valence-corrected chi connectivity index (χ1v) is 9.16. The SMILES string of the molecule is Cc1nn(-c2nc(C)c(C)c(=O)[nH]2)c(C)c1CCC(=O)Nc1ccc(F)c(F)c1F. The molecule has 0 aliphatic rings. The Hall–Kier alpha value is -3.43. The van der Waals surface area contributed by atoms with Crippen molar-refractivity contribution in [2.75, 3.05) is 5.32 Å². The summed E-state index contributed by atoms with van der Waals surface area (Å²) in [6.45, 7) is 6.93. The zero-order chi connectivity index (χ0) is 22.2. The van der Waals surface area contributed by atoms with Crippen LogP contribution >= 0.6 is 0 Å². The fourth-order valence-electron chi connectivity index (χ4n) is 3.05. The fraction of sp³-hybridized carbons (Fsp3) is 0.300. The minimum Gasteiger partial charge on any atom is -0.323 e. The van der Waals surface area contributed by atoms with Crippen molar-refractivity contribution in [3.63, 3.8) is 0 Å². The molecule has 0 aliphatic carbocycles. The summed E-state index contributed by atoms with van der Waals surface area (Å²) in [5, 5.41) is 6.63. The van der Waals surface area contributed by atoms with E-state index in [1.54, 1.807) is 27.7 Å². The number of amides is 1. The van der Waals surface area contributed by atoms with E-state index in [1.807, 2.05) is 0 Å². The van der Waals surface area contributed by atoms with Crippen LogP contribution in [0.1, 0.15) is 34.6 Å². The lowest BCUT2D eigenvalue weighted by molar-refractivity contribution is -0.116. The van der Waals surface area contributed by atoms with E-state index in [0.29, 0.717) is 22.6 Å². The third-order valence-corrected chi connectivity index (χ3v) is 4.94. The number of anilines is 1. The lowest BCUT2D eigenvalue weighted by Gasteiger charge is -2.08. The second-order valence-electron chi connectivity index (χ2n) is 6.93. The molecule has 158 valence electrons. The number of aromatic amines is 1. The van der Waals surface area contributed by atoms with Crippen molar-refractivity contribution in [2.45, 2.75) is 40.5 Å². The molecule has 0 bridgehead atoms. The molecule has 0 spiro atoms. The molecule has 1 amide bonds. The zero-order valence-corrected chi connectivity index (χ0v) is 16.9. The number of aromatic nitrogens is 4. The van der Waals surface area contributed by atoms with Crippen molar-refractivity contribution in [2.24, 2.45) is 0 Å². The van der Waals surface area contributed by atoms with Gasteiger partial charge in [0.25, 0.3) is 5.56 Å². The Bertz CT molecular complexity index is 1200. The third kappa shape index (κ3) is 3.98. The van der Waals surface area contributed by atoms with Gasteiger partial charge in [0.1, 0.15) is 0 Å². The Labute approximate surface area is 170 Å². The van der Waals surface area contributed by atoms with Gasteiger partial charge in [-0.3, -0.25) is 14.6 Å². The summed E-state index contributed by atoms with van der Waals surface area (Å²) in [7, 11) is 0. The van der Waals surface area contributed by atoms with E-state index in [1.165, 1.54) is 4.68 Å². The fourth-order valence-corrected chi connectivity index (χ4v) is 3.05. The van der Waals surface area contributed by atoms with Gasteiger partial charge in [-0.1, -0.05) is 0 Å². The molecule has 0 saturated heterocycles. The second kappa shape index (κ2) is 8.13. The predicted octanol–water partition coefficient (Wildman–Crippen LogP) is 3.18. The van der Waals surface area contributed by atoms with E-state index in [9.17, 15) is 22.8 Å². The van der Waals surface area contributed by atoms with Crippen LogP contribution in [0.3, 0.4) is 0 Å². The van der Waals surface area contributed by atoms with Crippen molar-refractivity contribution in [1.82, 2.24) is 19.7 Å². The van der Waals surface area contributed by atoms with Gasteiger partial charge in [0.15, 0.2) is 17.5 Å². The average Bonchev–Trinajstić information content (AvgIpc) is 2.98. The molecular formula is C20H20F3N5O2. The molecule has 2 N–H and O–H groups in total. The molecule has 1 aromatic carbocycles. The summed E-state index contributed by atoms with van der Waals surface area (Å²) in [5.74, 6) is -4.72. The molecule has 0 fully saturated rings. The lowest BCUT2D eigenvalue weighted by Crippen LogP contribution is -2.18. The molecule has 10 heteroatoms. The number of nitrogens with one attached hydrogen (secondary N) is 2. The minimum atomic E-state index is -1.64. The standard InChI is InChI=1S/C20H20F3N5O2/c1-9-10(2)24-20(26-19(9)30)28-12(4)13(11(3)27-28)5-8-16(29)25-15-7-6-14(21)17(22)18(15)23/h6-7H,5,8H2,1-4H3,(H,25,29)(H,24,26,30). The number of hydrogen-bond donors (Lipinski definition) is 2. The first-order chi connectivity index (χ1) is 14.1. The second-order valence-corrected chi connectivity index (χ2v) is 6.93. The number of aryl methyl sites for hydroxylation is 2. The topological polar surface area (TPSA) is 92.7 Å². The number of rotatable bonds is 5. The van der Waals surface area contributed by atoms with Crippen LogP contribution in [0.5, 0.6) is 0 Å². The highest BCUT2D eigenvalue weighted by Gasteiger charge is 2.18. The largest absolute Gasteiger partial charge is 0.323 e. The van der Waals surface area contributed by atoms with Crippen LogP contribution in [0.4, 0.5) is 18.9 Å². The Balaban J connectivity index is 1.78. The van der Waals surface area contributed by atoms with E-state index >= 15 is 0 Å². The van der Waals surface area contributed by atoms with E-state index in [2.05, 4.69) is 20.4 Å². The summed E-state index contributed by atoms with van der Waals surface area (Å²) in [4.78, 5) is 31.2. The highest BCUT2D eigenvalue weighted by Crippen LogP contribution is 2.21. The summed E-state index contributed by atoms with van der Waals surface area (Å²) in [5.41, 5.74) is 2.49. The highest BCUT2D eigenvalue weighted by molar-refractivity contribution is 5.91. The van der Waals surface area contributed by atoms with Crippen LogP contribution in [-0.2, 0) is 11.2 Å². The summed E-state index contributed by atoms with van der Waals surface area (Å²) < 4.78 is 41.5. The van der Waals surface area contributed by atoms with Gasteiger partial charge in [0.2, 0.25) is 11.9 Å². The molecule has 2 aromatic heterocycles. The Morgan fingerprint density at radius 1 is 1.10 bits per heavy atom. The van der Waals surface area contributed by atoms with Gasteiger partial charge in [0.05, 0.1) is 11.4 Å². The number of carbonyl (C=O) groups is 1. The van der Waals surface area contributed by atoms with Crippen molar-refractivity contribution >= 4 is 11.6 Å². The van der Waals surface area contributed by atoms with Crippen molar-refractivity contribution < 1.29 is 18.0 Å². The quantitative estimate of drug-likeness (QED) is 0.622. The van der Waals surface area contributed by atoms with Gasteiger partial charge in [-0.25, -0.2) is 22.8 Å². The molecule has 0 aliphatic heterocycles. The molecule has 0 unspecified atom stereocenters. The number of carbonyl (C=O) groups excluding carboxylic acids is 1. The molecule has 0 atom stereocenters. The molecule has 0 saturated carbocycles. The van der Waals surface area contributed by atoms with Crippen molar-refractivity contribution in [1.29, 1.82) is 0 Å². The highest BCUT2D eigenvalue weighted by atomic mass is 19.2. The average molecular weight is 419 g/mol. The molecule has 3 aromatic rings. The summed E-state index contributed by atoms with van der Waals surface area (Å²) >= 11 is 0. The Morgan fingerprint density at radius 3 is 2.47 bits per heavy atom. The van der Waals surface area contributed by atoms with E-state index < -0.39 is 29.0 Å². The van der Waals surface area contributed by atoms with Crippen LogP contribution in [0.15, 0.2) is 16.9 Å². The first kappa shape index (κ1) is 21.3. The zero-order valence-electron chi connectivity index (χ0n) is 16.9. The molecule has 3 rings (SSSR count). The van der Waals surface area contributed by atoms with Gasteiger partial charge in [-0.05, 0) is 51.8 Å². The normalized spacial score (nSPS) is 11.0. The van der Waals surface area contributed by atoms with Gasteiger partial charge >= 0.3 is 0 Å². The number of H-pyrrole nitrogens is 1. The number of hydrogen-bond acceptors (Lipinski definition) is 4. The van der Waals surface area contributed by atoms with Crippen LogP contribution in [0, 0.1) is 45.1 Å². The molecular weight excluding hydrogens is 399 g/mol. The van der Waals surface area contributed by atoms with Gasteiger partial charge in [-0.2, -0.15) is 5.10 Å². The van der Waals surface area contributed by atoms with Gasteiger partial charge in [-0.15, -0.1) is 0 Å². The molecule has 30 heavy (non-hydrogen) atoms. The molecule has 0 radical (unpaired) electrons. The van der Waals surface area contributed by atoms with Gasteiger partial charge < -0.3 is 5.32 Å². The summed E-state index contributed by atoms with van der Waals surface area (Å²) in [6, 6.07) is 1.70. The smallest absolute Gasteiger partial charge is 0.255 e. The van der Waals surface area contributed by atoms with Crippen LogP contribution in [-0.4, -0.2) is 25.7 Å². The number of halogens is 3. The van der Waals surface area contributed by atoms with Crippen LogP contribution < -0.4 is 10.9 Å². The van der Waals surface area contributed by atoms with Crippen LogP contribution in [0.25, 0.3) is 5.95 Å². The number of nitrogens with zero attached hydrogens (tertiary/aromatic N) is 3. The number of benzene rings is 1. The molecule has 2 heterocycles. The maximum Gasteiger partial charge on any atom is 0.255 e. The predicted molar refractivity (Wildman–Crippen MR) is 104 cm³/mol. The lowest BCUT2D eigenvalue weighted by atomic mass is 10.1. The Morgan fingerprint density at radius 2 is 1.80 bits per heavy atom. The minimum absolute atomic E-state index is 0.0390. The molecule has 7 nitrogen and oxygen atoms in total. The Kier molecular flexibility index (Phi) is 5.77. The third-order valence-electron chi connectivity index (χ3n) is 4.94. The van der Waals surface area contributed by atoms with Crippen LogP contribution in [0.2, 0.25) is 0 Å². The first-order valence-electron chi connectivity index (χ1n) is 9.16. The van der Waals surface area contributed by atoms with E-state index in [0.717, 1.165) is 17.7 Å². The van der Waals surface area contributed by atoms with E-state index in [4.69, 9.17) is 0 Å². The van der Waals surface area contributed by atoms with E-state index in [-0.39, 0.29) is 24.3 Å². The maximum atomic E-state index is 13.7. The maximum absolute atomic E-state index is 13.7. The summed E-state index contributed by atoms with van der Waals surface area (Å²) in [6.07, 6.45) is 0.229. The van der Waals surface area contributed by atoms with Crippen molar-refractivity contribution in [3.8, 4) is 5.95 Å². The van der Waals surface area contributed by atoms with Gasteiger partial charge in [0, 0.05) is 23.4 Å².